The monoisotopic (exact) mass is 641 g/mol. The first-order valence-corrected chi connectivity index (χ1v) is 19.5. The molecule has 0 aromatic carbocycles. The lowest BCUT2D eigenvalue weighted by molar-refractivity contribution is -0.133. The summed E-state index contributed by atoms with van der Waals surface area (Å²) in [5.41, 5.74) is 0. The van der Waals surface area contributed by atoms with Gasteiger partial charge in [-0.1, -0.05) is 77.6 Å². The average molecular weight is 642 g/mol. The number of nitrogens with one attached hydrogen (secondary N) is 5. The van der Waals surface area contributed by atoms with Crippen LogP contribution in [-0.2, 0) is 19.1 Å². The van der Waals surface area contributed by atoms with Gasteiger partial charge in [0.1, 0.15) is 12.1 Å². The van der Waals surface area contributed by atoms with E-state index in [2.05, 4.69) is 26.6 Å². The normalized spacial score (nSPS) is 39.9. The second-order valence-electron chi connectivity index (χ2n) is 16.0. The van der Waals surface area contributed by atoms with Gasteiger partial charge in [-0.15, -0.1) is 0 Å². The summed E-state index contributed by atoms with van der Waals surface area (Å²) in [6, 6.07) is -0.371. The lowest BCUT2D eigenvalue weighted by Crippen LogP contribution is -2.59. The van der Waals surface area contributed by atoms with Crippen LogP contribution in [-0.4, -0.2) is 66.3 Å². The third kappa shape index (κ3) is 9.25. The molecule has 9 atom stereocenters. The van der Waals surface area contributed by atoms with Crippen LogP contribution in [0.15, 0.2) is 0 Å². The van der Waals surface area contributed by atoms with Crippen molar-refractivity contribution < 1.29 is 19.1 Å². The van der Waals surface area contributed by atoms with Gasteiger partial charge in [-0.25, -0.2) is 0 Å². The molecule has 0 spiro atoms. The predicted molar refractivity (Wildman–Crippen MR) is 180 cm³/mol. The zero-order valence-electron chi connectivity index (χ0n) is 28.5. The number of carbonyl (C=O) groups excluding carboxylic acids is 3. The Morgan fingerprint density at radius 3 is 1.96 bits per heavy atom. The van der Waals surface area contributed by atoms with Crippen LogP contribution < -0.4 is 26.6 Å². The third-order valence-corrected chi connectivity index (χ3v) is 12.5. The second kappa shape index (κ2) is 16.6. The zero-order valence-corrected chi connectivity index (χ0v) is 28.5. The molecule has 6 aliphatic rings. The molecule has 46 heavy (non-hydrogen) atoms. The Hall–Kier alpha value is -1.71. The van der Waals surface area contributed by atoms with Crippen molar-refractivity contribution >= 4 is 17.7 Å². The summed E-state index contributed by atoms with van der Waals surface area (Å²) in [5, 5.41) is 17.5. The maximum atomic E-state index is 14.3. The van der Waals surface area contributed by atoms with Crippen LogP contribution in [0.2, 0.25) is 0 Å². The molecule has 0 aromatic rings. The minimum atomic E-state index is -0.634. The molecule has 6 unspecified atom stereocenters. The molecule has 9 nitrogen and oxygen atoms in total. The van der Waals surface area contributed by atoms with Gasteiger partial charge in [0, 0.05) is 18.5 Å². The van der Waals surface area contributed by atoms with E-state index in [-0.39, 0.29) is 42.1 Å². The predicted octanol–water partition coefficient (Wildman–Crippen LogP) is 4.97. The molecule has 5 N–H and O–H groups in total. The highest BCUT2D eigenvalue weighted by molar-refractivity contribution is 5.92. The minimum absolute atomic E-state index is 0.0302. The summed E-state index contributed by atoms with van der Waals surface area (Å²) in [6.45, 7) is 1.83. The maximum Gasteiger partial charge on any atom is 0.243 e. The van der Waals surface area contributed by atoms with Crippen molar-refractivity contribution in [3.8, 4) is 0 Å². The second-order valence-corrected chi connectivity index (χ2v) is 16.0. The molecule has 4 aliphatic carbocycles. The van der Waals surface area contributed by atoms with Gasteiger partial charge in [-0.2, -0.15) is 0 Å². The lowest BCUT2D eigenvalue weighted by atomic mass is 9.80. The molecular formula is C37H63N5O4. The van der Waals surface area contributed by atoms with Gasteiger partial charge in [0.05, 0.1) is 24.4 Å². The van der Waals surface area contributed by atoms with E-state index < -0.39 is 12.1 Å². The number of ether oxygens (including phenoxy) is 1. The molecular weight excluding hydrogens is 578 g/mol. The third-order valence-electron chi connectivity index (χ3n) is 12.5. The first-order valence-electron chi connectivity index (χ1n) is 19.5. The molecule has 3 amide bonds. The Labute approximate surface area is 277 Å². The highest BCUT2D eigenvalue weighted by Crippen LogP contribution is 2.36. The smallest absolute Gasteiger partial charge is 0.243 e. The van der Waals surface area contributed by atoms with E-state index >= 15 is 0 Å². The van der Waals surface area contributed by atoms with Gasteiger partial charge in [0.2, 0.25) is 17.7 Å². The number of carbonyl (C=O) groups is 3. The summed E-state index contributed by atoms with van der Waals surface area (Å²) in [5.74, 6) is 1.05. The number of hydrogen-bond acceptors (Lipinski definition) is 6. The average Bonchev–Trinajstić information content (AvgIpc) is 3.51. The Bertz CT molecular complexity index is 1010. The van der Waals surface area contributed by atoms with Gasteiger partial charge in [0.15, 0.2) is 0 Å². The fraction of sp³-hybridized carbons (Fsp3) is 0.919. The highest BCUT2D eigenvalue weighted by atomic mass is 16.5. The van der Waals surface area contributed by atoms with E-state index in [1.54, 1.807) is 0 Å². The minimum Gasteiger partial charge on any atom is -0.375 e. The van der Waals surface area contributed by atoms with Gasteiger partial charge in [0.25, 0.3) is 0 Å². The topological polar surface area (TPSA) is 121 Å². The zero-order chi connectivity index (χ0) is 31.9. The van der Waals surface area contributed by atoms with E-state index in [0.29, 0.717) is 49.1 Å². The summed E-state index contributed by atoms with van der Waals surface area (Å²) in [4.78, 5) is 41.0. The van der Waals surface area contributed by atoms with Crippen LogP contribution in [0.3, 0.4) is 0 Å². The van der Waals surface area contributed by atoms with Crippen LogP contribution in [0, 0.1) is 17.8 Å². The molecule has 2 heterocycles. The first-order chi connectivity index (χ1) is 22.4. The van der Waals surface area contributed by atoms with Gasteiger partial charge < -0.3 is 20.7 Å². The lowest BCUT2D eigenvalue weighted by Gasteiger charge is -2.38. The molecule has 2 aliphatic heterocycles. The van der Waals surface area contributed by atoms with Crippen molar-refractivity contribution in [2.45, 2.75) is 197 Å². The molecule has 2 saturated heterocycles. The Kier molecular flexibility index (Phi) is 12.3. The van der Waals surface area contributed by atoms with Crippen LogP contribution >= 0.6 is 0 Å². The molecule has 4 saturated carbocycles. The van der Waals surface area contributed by atoms with E-state index in [4.69, 9.17) is 4.74 Å². The number of amides is 3. The molecule has 4 bridgehead atoms. The first kappa shape index (κ1) is 34.2. The van der Waals surface area contributed by atoms with E-state index in [0.717, 1.165) is 51.4 Å². The number of fused-ring (bicyclic) bond motifs is 5. The summed E-state index contributed by atoms with van der Waals surface area (Å²) < 4.78 is 6.82. The summed E-state index contributed by atoms with van der Waals surface area (Å²) in [7, 11) is 0. The maximum absolute atomic E-state index is 14.3. The van der Waals surface area contributed by atoms with E-state index in [9.17, 15) is 14.4 Å². The molecule has 9 heteroatoms. The fourth-order valence-electron chi connectivity index (χ4n) is 9.90. The van der Waals surface area contributed by atoms with Crippen LogP contribution in [0.4, 0.5) is 0 Å². The van der Waals surface area contributed by atoms with E-state index in [1.807, 2.05) is 6.92 Å². The summed E-state index contributed by atoms with van der Waals surface area (Å²) >= 11 is 0. The van der Waals surface area contributed by atoms with Gasteiger partial charge >= 0.3 is 0 Å². The molecule has 6 fully saturated rings. The Morgan fingerprint density at radius 1 is 0.674 bits per heavy atom. The quantitative estimate of drug-likeness (QED) is 0.280. The van der Waals surface area contributed by atoms with Crippen molar-refractivity contribution in [2.24, 2.45) is 17.8 Å². The van der Waals surface area contributed by atoms with E-state index in [1.165, 1.54) is 70.6 Å². The fourth-order valence-corrected chi connectivity index (χ4v) is 9.90. The van der Waals surface area contributed by atoms with Crippen molar-refractivity contribution in [3.63, 3.8) is 0 Å². The largest absolute Gasteiger partial charge is 0.375 e. The van der Waals surface area contributed by atoms with Crippen molar-refractivity contribution in [1.29, 1.82) is 0 Å². The van der Waals surface area contributed by atoms with Crippen LogP contribution in [0.1, 0.15) is 148 Å². The van der Waals surface area contributed by atoms with Gasteiger partial charge in [-0.05, 0) is 82.0 Å². The number of hydrogen-bond donors (Lipinski definition) is 5. The number of rotatable bonds is 6. The molecule has 0 aromatic heterocycles. The summed E-state index contributed by atoms with van der Waals surface area (Å²) in [6.07, 6.45) is 23.8. The SMILES string of the molecule is CCC(=O)N[C@H]1CC2CCCC(C2)OC2CCCC(C2)C[C@@H](C2NC3CCCCC3N2)NC(=O)[C@H](CCC2CCCCC2)NC1=O. The Balaban J connectivity index is 1.25. The van der Waals surface area contributed by atoms with Crippen LogP contribution in [0.25, 0.3) is 0 Å². The molecule has 0 radical (unpaired) electrons. The Morgan fingerprint density at radius 2 is 1.30 bits per heavy atom. The standard InChI is InChI=1S/C37H63N5O4/c1-2-34(43)38-33-23-26-13-9-15-28(21-26)46-27-14-8-12-25(20-27)22-32(35-39-29-16-6-7-17-30(29)40-35)42-36(44)31(41-37(33)45)19-18-24-10-4-3-5-11-24/h24-33,35,39-40H,2-23H2,1H3,(H,38,43)(H,41,45)(H,42,44)/t25?,26?,27?,28?,29?,30?,31-,32-,33-,35?/m0/s1. The van der Waals surface area contributed by atoms with Crippen molar-refractivity contribution in [3.05, 3.63) is 0 Å². The molecule has 6 rings (SSSR count). The van der Waals surface area contributed by atoms with Crippen molar-refractivity contribution in [1.82, 2.24) is 26.6 Å². The van der Waals surface area contributed by atoms with Crippen molar-refractivity contribution in [2.75, 3.05) is 0 Å². The van der Waals surface area contributed by atoms with Gasteiger partial charge in [-0.3, -0.25) is 25.0 Å². The van der Waals surface area contributed by atoms with Crippen LogP contribution in [0.5, 0.6) is 0 Å². The highest BCUT2D eigenvalue weighted by Gasteiger charge is 2.41. The molecule has 260 valence electrons.